The van der Waals surface area contributed by atoms with Gasteiger partial charge in [-0.05, 0) is 18.8 Å². The SMILES string of the molecule is COC(=O)CCC(=O)N[C@@H]1CCCC[C@H]1C. The van der Waals surface area contributed by atoms with Gasteiger partial charge in [-0.2, -0.15) is 0 Å². The molecule has 92 valence electrons. The fourth-order valence-electron chi connectivity index (χ4n) is 2.13. The lowest BCUT2D eigenvalue weighted by Crippen LogP contribution is -2.41. The maximum atomic E-state index is 11.6. The standard InChI is InChI=1S/C12H21NO3/c1-9-5-3-4-6-10(9)13-11(14)7-8-12(15)16-2/h9-10H,3-8H2,1-2H3,(H,13,14)/t9-,10-/m1/s1. The largest absolute Gasteiger partial charge is 0.469 e. The molecule has 1 amide bonds. The monoisotopic (exact) mass is 227 g/mol. The molecule has 0 aromatic rings. The minimum atomic E-state index is -0.327. The van der Waals surface area contributed by atoms with Crippen molar-refractivity contribution in [2.24, 2.45) is 5.92 Å². The average Bonchev–Trinajstić information content (AvgIpc) is 2.29. The van der Waals surface area contributed by atoms with Gasteiger partial charge in [0.2, 0.25) is 5.91 Å². The molecular weight excluding hydrogens is 206 g/mol. The number of carbonyl (C=O) groups is 2. The van der Waals surface area contributed by atoms with Crippen LogP contribution < -0.4 is 5.32 Å². The van der Waals surface area contributed by atoms with Crippen LogP contribution >= 0.6 is 0 Å². The maximum absolute atomic E-state index is 11.6. The zero-order valence-electron chi connectivity index (χ0n) is 10.1. The van der Waals surface area contributed by atoms with Crippen LogP contribution in [0.4, 0.5) is 0 Å². The lowest BCUT2D eigenvalue weighted by atomic mass is 9.86. The van der Waals surface area contributed by atoms with Crippen molar-refractivity contribution in [1.29, 1.82) is 0 Å². The molecule has 0 bridgehead atoms. The molecule has 0 unspecified atom stereocenters. The molecule has 4 heteroatoms. The zero-order chi connectivity index (χ0) is 12.0. The molecule has 0 aromatic heterocycles. The topological polar surface area (TPSA) is 55.4 Å². The van der Waals surface area contributed by atoms with E-state index in [4.69, 9.17) is 0 Å². The molecule has 0 aliphatic heterocycles. The molecular formula is C12H21NO3. The van der Waals surface area contributed by atoms with Crippen LogP contribution in [0.3, 0.4) is 0 Å². The molecule has 16 heavy (non-hydrogen) atoms. The molecule has 0 radical (unpaired) electrons. The fraction of sp³-hybridized carbons (Fsp3) is 0.833. The second-order valence-electron chi connectivity index (χ2n) is 4.51. The van der Waals surface area contributed by atoms with Crippen LogP contribution in [0.15, 0.2) is 0 Å². The second-order valence-corrected chi connectivity index (χ2v) is 4.51. The van der Waals surface area contributed by atoms with Crippen LogP contribution in [0.25, 0.3) is 0 Å². The number of esters is 1. The van der Waals surface area contributed by atoms with E-state index in [2.05, 4.69) is 17.0 Å². The number of methoxy groups -OCH3 is 1. The molecule has 1 aliphatic carbocycles. The van der Waals surface area contributed by atoms with Crippen LogP contribution in [0, 0.1) is 5.92 Å². The number of nitrogens with one attached hydrogen (secondary N) is 1. The summed E-state index contributed by atoms with van der Waals surface area (Å²) in [6.07, 6.45) is 5.09. The van der Waals surface area contributed by atoms with Crippen molar-refractivity contribution in [3.63, 3.8) is 0 Å². The van der Waals surface area contributed by atoms with Crippen LogP contribution in [0.5, 0.6) is 0 Å². The van der Waals surface area contributed by atoms with Crippen molar-refractivity contribution in [2.45, 2.75) is 51.5 Å². The highest BCUT2D eigenvalue weighted by atomic mass is 16.5. The molecule has 1 rings (SSSR count). The third-order valence-electron chi connectivity index (χ3n) is 3.24. The van der Waals surface area contributed by atoms with Gasteiger partial charge in [0.1, 0.15) is 0 Å². The smallest absolute Gasteiger partial charge is 0.306 e. The van der Waals surface area contributed by atoms with Crippen molar-refractivity contribution < 1.29 is 14.3 Å². The molecule has 0 spiro atoms. The van der Waals surface area contributed by atoms with Gasteiger partial charge in [0.15, 0.2) is 0 Å². The van der Waals surface area contributed by atoms with Gasteiger partial charge in [0.25, 0.3) is 0 Å². The highest BCUT2D eigenvalue weighted by Crippen LogP contribution is 2.23. The number of rotatable bonds is 4. The van der Waals surface area contributed by atoms with Gasteiger partial charge < -0.3 is 10.1 Å². The minimum absolute atomic E-state index is 0.0378. The fourth-order valence-corrected chi connectivity index (χ4v) is 2.13. The van der Waals surface area contributed by atoms with E-state index in [1.54, 1.807) is 0 Å². The van der Waals surface area contributed by atoms with Crippen molar-refractivity contribution in [1.82, 2.24) is 5.32 Å². The summed E-state index contributed by atoms with van der Waals surface area (Å²) in [5, 5.41) is 3.00. The van der Waals surface area contributed by atoms with Gasteiger partial charge in [-0.1, -0.05) is 19.8 Å². The van der Waals surface area contributed by atoms with Gasteiger partial charge in [-0.25, -0.2) is 0 Å². The molecule has 1 saturated carbocycles. The predicted molar refractivity (Wildman–Crippen MR) is 60.8 cm³/mol. The van der Waals surface area contributed by atoms with Crippen LogP contribution in [0.2, 0.25) is 0 Å². The molecule has 1 N–H and O–H groups in total. The Morgan fingerprint density at radius 3 is 2.56 bits per heavy atom. The van der Waals surface area contributed by atoms with Crippen molar-refractivity contribution in [3.8, 4) is 0 Å². The Kier molecular flexibility index (Phi) is 5.29. The third-order valence-corrected chi connectivity index (χ3v) is 3.24. The Morgan fingerprint density at radius 2 is 1.94 bits per heavy atom. The number of carbonyl (C=O) groups excluding carboxylic acids is 2. The van der Waals surface area contributed by atoms with E-state index in [-0.39, 0.29) is 24.7 Å². The first-order valence-electron chi connectivity index (χ1n) is 5.99. The van der Waals surface area contributed by atoms with E-state index < -0.39 is 0 Å². The van der Waals surface area contributed by atoms with Gasteiger partial charge in [0, 0.05) is 12.5 Å². The Balaban J connectivity index is 2.24. The van der Waals surface area contributed by atoms with E-state index >= 15 is 0 Å². The summed E-state index contributed by atoms with van der Waals surface area (Å²) in [5.74, 6) is 0.187. The maximum Gasteiger partial charge on any atom is 0.306 e. The van der Waals surface area contributed by atoms with Gasteiger partial charge in [-0.15, -0.1) is 0 Å². The molecule has 0 saturated heterocycles. The minimum Gasteiger partial charge on any atom is -0.469 e. The van der Waals surface area contributed by atoms with E-state index in [1.807, 2.05) is 0 Å². The van der Waals surface area contributed by atoms with Crippen molar-refractivity contribution >= 4 is 11.9 Å². The lowest BCUT2D eigenvalue weighted by molar-refractivity contribution is -0.142. The summed E-state index contributed by atoms with van der Waals surface area (Å²) in [6, 6.07) is 0.291. The number of hydrogen-bond donors (Lipinski definition) is 1. The zero-order valence-corrected chi connectivity index (χ0v) is 10.1. The van der Waals surface area contributed by atoms with Crippen LogP contribution in [-0.2, 0) is 14.3 Å². The number of hydrogen-bond acceptors (Lipinski definition) is 3. The third kappa shape index (κ3) is 4.21. The van der Waals surface area contributed by atoms with E-state index in [9.17, 15) is 9.59 Å². The molecule has 2 atom stereocenters. The molecule has 0 aromatic carbocycles. The quantitative estimate of drug-likeness (QED) is 0.743. The van der Waals surface area contributed by atoms with Crippen LogP contribution in [-0.4, -0.2) is 25.0 Å². The summed E-state index contributed by atoms with van der Waals surface area (Å²) >= 11 is 0. The first-order chi connectivity index (χ1) is 7.63. The summed E-state index contributed by atoms with van der Waals surface area (Å²) in [4.78, 5) is 22.4. The van der Waals surface area contributed by atoms with E-state index in [0.717, 1.165) is 6.42 Å². The first kappa shape index (κ1) is 13.0. The molecule has 0 heterocycles. The van der Waals surface area contributed by atoms with E-state index in [0.29, 0.717) is 12.0 Å². The number of amides is 1. The Bertz CT molecular complexity index is 253. The van der Waals surface area contributed by atoms with Crippen LogP contribution in [0.1, 0.15) is 45.4 Å². The highest BCUT2D eigenvalue weighted by molar-refractivity contribution is 5.81. The molecule has 4 nitrogen and oxygen atoms in total. The van der Waals surface area contributed by atoms with Gasteiger partial charge in [0.05, 0.1) is 13.5 Å². The van der Waals surface area contributed by atoms with Crippen molar-refractivity contribution in [3.05, 3.63) is 0 Å². The summed E-state index contributed by atoms with van der Waals surface area (Å²) in [5.41, 5.74) is 0. The Morgan fingerprint density at radius 1 is 1.25 bits per heavy atom. The lowest BCUT2D eigenvalue weighted by Gasteiger charge is -2.29. The van der Waals surface area contributed by atoms with Gasteiger partial charge in [-0.3, -0.25) is 9.59 Å². The highest BCUT2D eigenvalue weighted by Gasteiger charge is 2.22. The van der Waals surface area contributed by atoms with Crippen molar-refractivity contribution in [2.75, 3.05) is 7.11 Å². The number of ether oxygens (including phenoxy) is 1. The average molecular weight is 227 g/mol. The summed E-state index contributed by atoms with van der Waals surface area (Å²) < 4.78 is 4.49. The van der Waals surface area contributed by atoms with E-state index in [1.165, 1.54) is 26.4 Å². The van der Waals surface area contributed by atoms with Gasteiger partial charge >= 0.3 is 5.97 Å². The Hall–Kier alpha value is -1.06. The second kappa shape index (κ2) is 6.51. The Labute approximate surface area is 96.7 Å². The summed E-state index contributed by atoms with van der Waals surface area (Å²) in [6.45, 7) is 2.17. The molecule has 1 fully saturated rings. The molecule has 1 aliphatic rings. The predicted octanol–water partition coefficient (Wildman–Crippen LogP) is 1.63. The first-order valence-corrected chi connectivity index (χ1v) is 5.99. The normalized spacial score (nSPS) is 24.9. The summed E-state index contributed by atoms with van der Waals surface area (Å²) in [7, 11) is 1.34.